The monoisotopic (exact) mass is 901 g/mol. The van der Waals surface area contributed by atoms with E-state index >= 15 is 0 Å². The molecule has 0 radical (unpaired) electrons. The Bertz CT molecular complexity index is 4420. The second-order valence-electron chi connectivity index (χ2n) is 20.2. The molecule has 0 bridgehead atoms. The van der Waals surface area contributed by atoms with Crippen LogP contribution in [0.4, 0.5) is 0 Å². The van der Waals surface area contributed by atoms with Gasteiger partial charge in [-0.25, -0.2) is 0 Å². The lowest BCUT2D eigenvalue weighted by Crippen LogP contribution is -2.33. The second-order valence-corrected chi connectivity index (χ2v) is 20.2. The normalized spacial score (nSPS) is 12.6. The van der Waals surface area contributed by atoms with E-state index in [0.29, 0.717) is 28.1 Å². The number of hydrogen-bond acceptors (Lipinski definition) is 4. The summed E-state index contributed by atoms with van der Waals surface area (Å²) in [6.45, 7) is 10.9. The first-order valence-corrected chi connectivity index (χ1v) is 23.8. The predicted molar refractivity (Wildman–Crippen MR) is 286 cm³/mol. The Labute approximate surface area is 401 Å². The van der Waals surface area contributed by atoms with Crippen LogP contribution in [0.5, 0.6) is 0 Å². The molecule has 0 N–H and O–H groups in total. The number of benzene rings is 9. The van der Waals surface area contributed by atoms with E-state index in [-0.39, 0.29) is 0 Å². The first kappa shape index (κ1) is 40.1. The van der Waals surface area contributed by atoms with Gasteiger partial charge in [-0.3, -0.25) is 0 Å². The first-order valence-electron chi connectivity index (χ1n) is 23.8. The molecule has 0 aliphatic heterocycles. The van der Waals surface area contributed by atoms with Crippen molar-refractivity contribution < 1.29 is 8.83 Å². The van der Waals surface area contributed by atoms with E-state index < -0.39 is 11.0 Å². The van der Waals surface area contributed by atoms with E-state index in [1.54, 1.807) is 0 Å². The third kappa shape index (κ3) is 5.11. The fourth-order valence-corrected chi connectivity index (χ4v) is 12.3. The van der Waals surface area contributed by atoms with Gasteiger partial charge < -0.3 is 22.5 Å². The molecular formula is C63H43N5O2. The molecule has 0 atom stereocenters. The Morgan fingerprint density at radius 2 is 0.714 bits per heavy atom. The molecule has 0 saturated carbocycles. The summed E-state index contributed by atoms with van der Waals surface area (Å²) in [4.78, 5) is 0. The zero-order valence-corrected chi connectivity index (χ0v) is 39.2. The first-order chi connectivity index (χ1) is 34.1. The predicted octanol–water partition coefficient (Wildman–Crippen LogP) is 16.6. The Hall–Kier alpha value is -9.04. The lowest BCUT2D eigenvalue weighted by molar-refractivity contribution is 0.461. The summed E-state index contributed by atoms with van der Waals surface area (Å²) in [6.07, 6.45) is 0. The second kappa shape index (κ2) is 14.0. The van der Waals surface area contributed by atoms with Crippen LogP contribution in [0.15, 0.2) is 179 Å². The maximum Gasteiger partial charge on any atom is 0.160 e. The Morgan fingerprint density at radius 1 is 0.371 bits per heavy atom. The molecule has 7 heteroatoms. The van der Waals surface area contributed by atoms with E-state index in [4.69, 9.17) is 8.83 Å². The SMILES string of the molecule is CC(C)(C)c1c(-n2c3ccccc3c3ccc4c5ccccc5oc4c32)c(C#N)c(C(C)(C)n2c3ccccc3c3ccccc32)c(C#N)c1-n1c2ccccc2c2ccc3c4ccccc4oc3c21. The fraction of sp³-hybridized carbons (Fsp3) is 0.111. The van der Waals surface area contributed by atoms with Gasteiger partial charge in [-0.2, -0.15) is 10.5 Å². The van der Waals surface area contributed by atoms with Crippen molar-refractivity contribution in [1.82, 2.24) is 13.7 Å². The number of aromatic nitrogens is 3. The number of hydrogen-bond donors (Lipinski definition) is 0. The van der Waals surface area contributed by atoms with E-state index in [1.807, 2.05) is 36.4 Å². The maximum atomic E-state index is 12.3. The Morgan fingerprint density at radius 3 is 1.11 bits per heavy atom. The minimum Gasteiger partial charge on any atom is -0.454 e. The van der Waals surface area contributed by atoms with E-state index in [9.17, 15) is 10.5 Å². The molecule has 5 heterocycles. The summed E-state index contributed by atoms with van der Waals surface area (Å²) >= 11 is 0. The number of furan rings is 2. The highest BCUT2D eigenvalue weighted by Gasteiger charge is 2.41. The zero-order chi connectivity index (χ0) is 47.4. The van der Waals surface area contributed by atoms with Crippen LogP contribution in [-0.2, 0) is 11.0 Å². The average Bonchev–Trinajstić information content (AvgIpc) is 4.19. The van der Waals surface area contributed by atoms with E-state index in [0.717, 1.165) is 115 Å². The van der Waals surface area contributed by atoms with Crippen molar-refractivity contribution in [3.8, 4) is 23.5 Å². The van der Waals surface area contributed by atoms with Gasteiger partial charge in [-0.1, -0.05) is 142 Å². The van der Waals surface area contributed by atoms with Crippen LogP contribution in [0.3, 0.4) is 0 Å². The Kier molecular flexibility index (Phi) is 8.02. The highest BCUT2D eigenvalue weighted by Crippen LogP contribution is 2.52. The summed E-state index contributed by atoms with van der Waals surface area (Å²) in [7, 11) is 0. The summed E-state index contributed by atoms with van der Waals surface area (Å²) in [5.74, 6) is 0. The molecule has 0 spiro atoms. The van der Waals surface area contributed by atoms with Gasteiger partial charge in [0.1, 0.15) is 23.3 Å². The molecule has 0 aliphatic rings. The molecule has 5 aromatic heterocycles. The van der Waals surface area contributed by atoms with Gasteiger partial charge in [0.05, 0.1) is 50.1 Å². The van der Waals surface area contributed by atoms with Crippen molar-refractivity contribution in [1.29, 1.82) is 10.5 Å². The molecule has 332 valence electrons. The summed E-state index contributed by atoms with van der Waals surface area (Å²) in [5, 5.41) is 34.9. The molecule has 0 aliphatic carbocycles. The van der Waals surface area contributed by atoms with Gasteiger partial charge in [0.15, 0.2) is 11.2 Å². The summed E-state index contributed by atoms with van der Waals surface area (Å²) in [6, 6.07) is 64.5. The van der Waals surface area contributed by atoms with Gasteiger partial charge in [-0.15, -0.1) is 0 Å². The molecule has 0 unspecified atom stereocenters. The number of nitriles is 2. The van der Waals surface area contributed by atoms with Crippen molar-refractivity contribution in [2.45, 2.75) is 45.6 Å². The van der Waals surface area contributed by atoms with E-state index in [2.05, 4.69) is 194 Å². The van der Waals surface area contributed by atoms with Crippen molar-refractivity contribution >= 4 is 109 Å². The van der Waals surface area contributed by atoms with Crippen LogP contribution < -0.4 is 0 Å². The number of para-hydroxylation sites is 6. The molecule has 70 heavy (non-hydrogen) atoms. The van der Waals surface area contributed by atoms with Crippen LogP contribution in [0.25, 0.3) is 121 Å². The molecule has 7 nitrogen and oxygen atoms in total. The molecule has 0 saturated heterocycles. The maximum absolute atomic E-state index is 12.3. The van der Waals surface area contributed by atoms with Gasteiger partial charge in [0, 0.05) is 76.0 Å². The number of fused-ring (bicyclic) bond motifs is 17. The quantitative estimate of drug-likeness (QED) is 0.176. The highest BCUT2D eigenvalue weighted by atomic mass is 16.3. The summed E-state index contributed by atoms with van der Waals surface area (Å²) < 4.78 is 20.9. The minimum absolute atomic E-state index is 0.419. The van der Waals surface area contributed by atoms with Gasteiger partial charge in [-0.05, 0) is 67.8 Å². The molecule has 0 fully saturated rings. The van der Waals surface area contributed by atoms with Crippen molar-refractivity contribution in [3.05, 3.63) is 192 Å². The topological polar surface area (TPSA) is 88.6 Å². The standard InChI is InChI=1S/C63H43N5O2/c1-62(2,3)55-56(66-48-24-12-6-20-38(48)42-30-32-44-40-22-10-16-28-52(40)69-60(44)58(42)66)46(34-64)54(63(4,5)68-50-26-14-8-18-36(50)37-19-9-15-27-51(37)68)47(35-65)57(55)67-49-25-13-7-21-39(49)43-31-33-45-41-23-11-17-29-53(41)70-61(45)59(43)67/h6-33H,1-5H3. The van der Waals surface area contributed by atoms with Crippen LogP contribution >= 0.6 is 0 Å². The molecule has 0 amide bonds. The minimum atomic E-state index is -1.01. The zero-order valence-electron chi connectivity index (χ0n) is 39.2. The third-order valence-corrected chi connectivity index (χ3v) is 15.0. The lowest BCUT2D eigenvalue weighted by atomic mass is 9.76. The van der Waals surface area contributed by atoms with Crippen LogP contribution in [0, 0.1) is 22.7 Å². The molecule has 9 aromatic carbocycles. The van der Waals surface area contributed by atoms with Crippen LogP contribution in [0.1, 0.15) is 56.9 Å². The fourth-order valence-electron chi connectivity index (χ4n) is 12.3. The van der Waals surface area contributed by atoms with Crippen LogP contribution in [-0.4, -0.2) is 13.7 Å². The van der Waals surface area contributed by atoms with Gasteiger partial charge in [0.2, 0.25) is 0 Å². The summed E-state index contributed by atoms with van der Waals surface area (Å²) in [5.41, 5.74) is 10.6. The Balaban J connectivity index is 1.28. The van der Waals surface area contributed by atoms with E-state index in [1.165, 1.54) is 0 Å². The molecule has 14 rings (SSSR count). The van der Waals surface area contributed by atoms with Gasteiger partial charge in [0.25, 0.3) is 0 Å². The van der Waals surface area contributed by atoms with Crippen LogP contribution in [0.2, 0.25) is 0 Å². The molecular weight excluding hydrogens is 859 g/mol. The van der Waals surface area contributed by atoms with Crippen molar-refractivity contribution in [2.24, 2.45) is 0 Å². The van der Waals surface area contributed by atoms with Gasteiger partial charge >= 0.3 is 0 Å². The largest absolute Gasteiger partial charge is 0.454 e. The molecule has 14 aromatic rings. The third-order valence-electron chi connectivity index (χ3n) is 15.0. The van der Waals surface area contributed by atoms with Crippen molar-refractivity contribution in [3.63, 3.8) is 0 Å². The van der Waals surface area contributed by atoms with Crippen molar-refractivity contribution in [2.75, 3.05) is 0 Å². The number of rotatable bonds is 4. The lowest BCUT2D eigenvalue weighted by Gasteiger charge is -2.37. The highest BCUT2D eigenvalue weighted by molar-refractivity contribution is 6.23. The smallest absolute Gasteiger partial charge is 0.160 e. The number of nitrogens with zero attached hydrogens (tertiary/aromatic N) is 5. The average molecular weight is 902 g/mol.